The van der Waals surface area contributed by atoms with Crippen LogP contribution in [0.2, 0.25) is 0 Å². The normalized spacial score (nSPS) is 12.5. The molecule has 1 unspecified atom stereocenters. The van der Waals surface area contributed by atoms with Crippen molar-refractivity contribution < 1.29 is 9.84 Å². The largest absolute Gasteiger partial charge is 0.496 e. The Balaban J connectivity index is 2.36. The molecule has 0 aliphatic heterocycles. The first kappa shape index (κ1) is 12.5. The summed E-state index contributed by atoms with van der Waals surface area (Å²) in [6.45, 7) is 1.74. The van der Waals surface area contributed by atoms with Gasteiger partial charge in [-0.25, -0.2) is 4.98 Å². The molecule has 0 aliphatic carbocycles. The fourth-order valence-corrected chi connectivity index (χ4v) is 2.80. The van der Waals surface area contributed by atoms with Gasteiger partial charge in [-0.2, -0.15) is 0 Å². The molecule has 0 spiro atoms. The van der Waals surface area contributed by atoms with Gasteiger partial charge < -0.3 is 9.84 Å². The van der Waals surface area contributed by atoms with Gasteiger partial charge in [-0.05, 0) is 41.1 Å². The van der Waals surface area contributed by atoms with E-state index < -0.39 is 6.10 Å². The molecular weight excluding hydrogens is 302 g/mol. The maximum Gasteiger partial charge on any atom is 0.133 e. The summed E-state index contributed by atoms with van der Waals surface area (Å²) < 4.78 is 6.07. The van der Waals surface area contributed by atoms with Crippen molar-refractivity contribution in [2.24, 2.45) is 0 Å². The van der Waals surface area contributed by atoms with Crippen LogP contribution in [0.15, 0.2) is 28.9 Å². The molecule has 0 saturated heterocycles. The number of ether oxygens (including phenoxy) is 1. The quantitative estimate of drug-likeness (QED) is 0.940. The van der Waals surface area contributed by atoms with Crippen LogP contribution in [0.3, 0.4) is 0 Å². The predicted octanol–water partition coefficient (Wildman–Crippen LogP) is 3.63. The van der Waals surface area contributed by atoms with E-state index in [-0.39, 0.29) is 0 Å². The highest BCUT2D eigenvalue weighted by Gasteiger charge is 2.10. The average Bonchev–Trinajstić information content (AvgIpc) is 2.78. The number of hydrogen-bond acceptors (Lipinski definition) is 4. The van der Waals surface area contributed by atoms with Crippen LogP contribution in [0.4, 0.5) is 0 Å². The summed E-state index contributed by atoms with van der Waals surface area (Å²) in [5.74, 6) is 0.793. The van der Waals surface area contributed by atoms with Gasteiger partial charge in [0.05, 0.1) is 22.6 Å². The van der Waals surface area contributed by atoms with Crippen LogP contribution >= 0.6 is 27.3 Å². The number of thiazole rings is 1. The van der Waals surface area contributed by atoms with Crippen LogP contribution in [-0.2, 0) is 0 Å². The van der Waals surface area contributed by atoms with Gasteiger partial charge in [0.1, 0.15) is 10.8 Å². The molecule has 1 aromatic heterocycles. The minimum absolute atomic E-state index is 0.470. The molecule has 0 radical (unpaired) electrons. The molecule has 0 bridgehead atoms. The Hall–Kier alpha value is -0.910. The van der Waals surface area contributed by atoms with Gasteiger partial charge in [0.15, 0.2) is 0 Å². The van der Waals surface area contributed by atoms with Crippen molar-refractivity contribution in [3.05, 3.63) is 33.7 Å². The molecule has 1 aromatic carbocycles. The zero-order valence-corrected chi connectivity index (χ0v) is 11.9. The Labute approximate surface area is 112 Å². The summed E-state index contributed by atoms with van der Waals surface area (Å²) >= 11 is 4.94. The molecule has 0 saturated carbocycles. The lowest BCUT2D eigenvalue weighted by Crippen LogP contribution is -1.84. The zero-order chi connectivity index (χ0) is 12.4. The fraction of sp³-hybridized carbons (Fsp3) is 0.250. The summed E-state index contributed by atoms with van der Waals surface area (Å²) in [7, 11) is 1.63. The standard InChI is InChI=1S/C12H12BrNO2S/c1-7(15)11-6-14-12(17-11)8-3-4-10(16-2)9(13)5-8/h3-7,15H,1-2H3. The smallest absolute Gasteiger partial charge is 0.133 e. The number of benzene rings is 1. The van der Waals surface area contributed by atoms with Crippen molar-refractivity contribution in [2.45, 2.75) is 13.0 Å². The van der Waals surface area contributed by atoms with Gasteiger partial charge in [0.25, 0.3) is 0 Å². The Morgan fingerprint density at radius 3 is 2.76 bits per heavy atom. The third-order valence-electron chi connectivity index (χ3n) is 2.33. The highest BCUT2D eigenvalue weighted by atomic mass is 79.9. The number of aliphatic hydroxyl groups is 1. The Kier molecular flexibility index (Phi) is 3.81. The molecule has 0 amide bonds. The predicted molar refractivity (Wildman–Crippen MR) is 72.4 cm³/mol. The van der Waals surface area contributed by atoms with Gasteiger partial charge in [0.2, 0.25) is 0 Å². The van der Waals surface area contributed by atoms with Crippen molar-refractivity contribution >= 4 is 27.3 Å². The second-order valence-corrected chi connectivity index (χ2v) is 5.51. The van der Waals surface area contributed by atoms with E-state index in [1.165, 1.54) is 11.3 Å². The molecule has 2 rings (SSSR count). The van der Waals surface area contributed by atoms with Crippen LogP contribution < -0.4 is 4.74 Å². The molecule has 2 aromatic rings. The van der Waals surface area contributed by atoms with Crippen molar-refractivity contribution in [3.63, 3.8) is 0 Å². The van der Waals surface area contributed by atoms with Crippen LogP contribution in [0.25, 0.3) is 10.6 Å². The van der Waals surface area contributed by atoms with E-state index in [1.54, 1.807) is 20.2 Å². The van der Waals surface area contributed by atoms with Gasteiger partial charge in [-0.3, -0.25) is 0 Å². The van der Waals surface area contributed by atoms with E-state index in [4.69, 9.17) is 4.74 Å². The lowest BCUT2D eigenvalue weighted by atomic mass is 10.2. The minimum Gasteiger partial charge on any atom is -0.496 e. The number of nitrogens with zero attached hydrogens (tertiary/aromatic N) is 1. The van der Waals surface area contributed by atoms with Crippen molar-refractivity contribution in [3.8, 4) is 16.3 Å². The Morgan fingerprint density at radius 1 is 1.47 bits per heavy atom. The maximum atomic E-state index is 9.46. The topological polar surface area (TPSA) is 42.4 Å². The molecule has 5 heteroatoms. The number of aliphatic hydroxyl groups excluding tert-OH is 1. The van der Waals surface area contributed by atoms with Gasteiger partial charge in [-0.15, -0.1) is 11.3 Å². The van der Waals surface area contributed by atoms with Crippen molar-refractivity contribution in [1.82, 2.24) is 4.98 Å². The van der Waals surface area contributed by atoms with E-state index in [9.17, 15) is 5.11 Å². The molecule has 0 aliphatic rings. The first-order chi connectivity index (χ1) is 8.11. The summed E-state index contributed by atoms with van der Waals surface area (Å²) in [5.41, 5.74) is 1.01. The van der Waals surface area contributed by atoms with Gasteiger partial charge >= 0.3 is 0 Å². The first-order valence-corrected chi connectivity index (χ1v) is 6.70. The second kappa shape index (κ2) is 5.16. The SMILES string of the molecule is COc1ccc(-c2ncc(C(C)O)s2)cc1Br. The molecule has 17 heavy (non-hydrogen) atoms. The third kappa shape index (κ3) is 2.68. The lowest BCUT2D eigenvalue weighted by molar-refractivity contribution is 0.203. The van der Waals surface area contributed by atoms with Gasteiger partial charge in [-0.1, -0.05) is 0 Å². The van der Waals surface area contributed by atoms with E-state index in [2.05, 4.69) is 20.9 Å². The third-order valence-corrected chi connectivity index (χ3v) is 4.17. The van der Waals surface area contributed by atoms with Crippen LogP contribution in [0.1, 0.15) is 17.9 Å². The Bertz CT molecular complexity index is 525. The first-order valence-electron chi connectivity index (χ1n) is 5.09. The minimum atomic E-state index is -0.470. The zero-order valence-electron chi connectivity index (χ0n) is 9.48. The average molecular weight is 314 g/mol. The van der Waals surface area contributed by atoms with Crippen molar-refractivity contribution in [1.29, 1.82) is 0 Å². The van der Waals surface area contributed by atoms with Crippen LogP contribution in [0.5, 0.6) is 5.75 Å². The fourth-order valence-electron chi connectivity index (χ4n) is 1.41. The molecule has 90 valence electrons. The monoisotopic (exact) mass is 313 g/mol. The van der Waals surface area contributed by atoms with E-state index in [0.29, 0.717) is 0 Å². The van der Waals surface area contributed by atoms with E-state index in [0.717, 1.165) is 25.7 Å². The van der Waals surface area contributed by atoms with Crippen LogP contribution in [-0.4, -0.2) is 17.2 Å². The Morgan fingerprint density at radius 2 is 2.24 bits per heavy atom. The highest BCUT2D eigenvalue weighted by Crippen LogP contribution is 2.33. The highest BCUT2D eigenvalue weighted by molar-refractivity contribution is 9.10. The molecule has 1 heterocycles. The van der Waals surface area contributed by atoms with Crippen molar-refractivity contribution in [2.75, 3.05) is 7.11 Å². The number of halogens is 1. The number of rotatable bonds is 3. The summed E-state index contributed by atoms with van der Waals surface area (Å²) in [6.07, 6.45) is 1.24. The summed E-state index contributed by atoms with van der Waals surface area (Å²) in [6, 6.07) is 5.81. The second-order valence-electron chi connectivity index (χ2n) is 3.59. The van der Waals surface area contributed by atoms with Crippen LogP contribution in [0, 0.1) is 0 Å². The summed E-state index contributed by atoms with van der Waals surface area (Å²) in [5, 5.41) is 10.4. The number of hydrogen-bond donors (Lipinski definition) is 1. The molecule has 3 nitrogen and oxygen atoms in total. The lowest BCUT2D eigenvalue weighted by Gasteiger charge is -2.04. The molecule has 0 fully saturated rings. The molecular formula is C12H12BrNO2S. The number of methoxy groups -OCH3 is 1. The molecule has 1 atom stereocenters. The van der Waals surface area contributed by atoms with E-state index in [1.807, 2.05) is 18.2 Å². The maximum absolute atomic E-state index is 9.46. The van der Waals surface area contributed by atoms with Gasteiger partial charge in [0, 0.05) is 11.8 Å². The molecule has 1 N–H and O–H groups in total. The summed E-state index contributed by atoms with van der Waals surface area (Å²) in [4.78, 5) is 5.17. The van der Waals surface area contributed by atoms with E-state index >= 15 is 0 Å². The number of aromatic nitrogens is 1.